The van der Waals surface area contributed by atoms with E-state index in [0.29, 0.717) is 22.7 Å². The maximum absolute atomic E-state index is 8.89. The van der Waals surface area contributed by atoms with Gasteiger partial charge in [0.2, 0.25) is 0 Å². The highest BCUT2D eigenvalue weighted by atomic mass is 16.5. The molecule has 0 unspecified atom stereocenters. The molecule has 2 aromatic rings. The van der Waals surface area contributed by atoms with E-state index in [4.69, 9.17) is 15.7 Å². The molecule has 0 aliphatic heterocycles. The number of aryl methyl sites for hydroxylation is 2. The minimum Gasteiger partial charge on any atom is -0.455 e. The van der Waals surface area contributed by atoms with Crippen molar-refractivity contribution < 1.29 is 4.74 Å². The van der Waals surface area contributed by atoms with Crippen molar-refractivity contribution in [2.45, 2.75) is 13.8 Å². The van der Waals surface area contributed by atoms with E-state index in [1.165, 1.54) is 0 Å². The Labute approximate surface area is 106 Å². The lowest BCUT2D eigenvalue weighted by molar-refractivity contribution is 0.481. The highest BCUT2D eigenvalue weighted by Gasteiger charge is 2.07. The second-order valence-electron chi connectivity index (χ2n) is 4.18. The average Bonchev–Trinajstić information content (AvgIpc) is 2.37. The Balaban J connectivity index is 2.40. The molecule has 3 heteroatoms. The first-order valence-corrected chi connectivity index (χ1v) is 5.65. The second kappa shape index (κ2) is 4.80. The average molecular weight is 238 g/mol. The van der Waals surface area contributed by atoms with Gasteiger partial charge in [-0.25, -0.2) is 0 Å². The molecule has 0 spiro atoms. The zero-order valence-corrected chi connectivity index (χ0v) is 10.4. The van der Waals surface area contributed by atoms with Crippen molar-refractivity contribution in [1.29, 1.82) is 5.26 Å². The van der Waals surface area contributed by atoms with Crippen LogP contribution in [0.5, 0.6) is 11.5 Å². The van der Waals surface area contributed by atoms with Gasteiger partial charge < -0.3 is 10.5 Å². The predicted octanol–water partition coefficient (Wildman–Crippen LogP) is 3.55. The summed E-state index contributed by atoms with van der Waals surface area (Å²) in [7, 11) is 0. The molecule has 0 aliphatic carbocycles. The second-order valence-corrected chi connectivity index (χ2v) is 4.18. The monoisotopic (exact) mass is 238 g/mol. The Morgan fingerprint density at radius 3 is 2.56 bits per heavy atom. The van der Waals surface area contributed by atoms with E-state index >= 15 is 0 Å². The molecular formula is C15H14N2O. The third-order valence-corrected chi connectivity index (χ3v) is 2.82. The molecule has 0 aromatic heterocycles. The highest BCUT2D eigenvalue weighted by molar-refractivity contribution is 5.59. The van der Waals surface area contributed by atoms with E-state index in [9.17, 15) is 0 Å². The summed E-state index contributed by atoms with van der Waals surface area (Å²) in [4.78, 5) is 0. The van der Waals surface area contributed by atoms with Crippen LogP contribution in [0.3, 0.4) is 0 Å². The van der Waals surface area contributed by atoms with Gasteiger partial charge in [-0.15, -0.1) is 0 Å². The molecule has 90 valence electrons. The topological polar surface area (TPSA) is 59.0 Å². The van der Waals surface area contributed by atoms with Crippen molar-refractivity contribution >= 4 is 5.69 Å². The summed E-state index contributed by atoms with van der Waals surface area (Å²) >= 11 is 0. The zero-order valence-electron chi connectivity index (χ0n) is 10.4. The molecule has 0 fully saturated rings. The number of nitrogens with zero attached hydrogens (tertiary/aromatic N) is 1. The van der Waals surface area contributed by atoms with E-state index in [1.54, 1.807) is 12.1 Å². The summed E-state index contributed by atoms with van der Waals surface area (Å²) in [5.41, 5.74) is 9.10. The van der Waals surface area contributed by atoms with Crippen molar-refractivity contribution in [3.8, 4) is 17.6 Å². The standard InChI is InChI=1S/C15H14N2O/c1-10-6-7-12(9-16)8-14(10)18-13-5-3-4-11(2)15(13)17/h3-8H,17H2,1-2H3. The van der Waals surface area contributed by atoms with E-state index in [-0.39, 0.29) is 0 Å². The predicted molar refractivity (Wildman–Crippen MR) is 71.6 cm³/mol. The number of rotatable bonds is 2. The molecule has 0 amide bonds. The van der Waals surface area contributed by atoms with Gasteiger partial charge in [0.15, 0.2) is 5.75 Å². The summed E-state index contributed by atoms with van der Waals surface area (Å²) < 4.78 is 5.79. The van der Waals surface area contributed by atoms with Gasteiger partial charge in [-0.1, -0.05) is 18.2 Å². The summed E-state index contributed by atoms with van der Waals surface area (Å²) in [5.74, 6) is 1.28. The molecule has 3 nitrogen and oxygen atoms in total. The van der Waals surface area contributed by atoms with Crippen LogP contribution in [0, 0.1) is 25.2 Å². The van der Waals surface area contributed by atoms with Gasteiger partial charge in [-0.05, 0) is 43.2 Å². The SMILES string of the molecule is Cc1ccc(C#N)cc1Oc1cccc(C)c1N. The van der Waals surface area contributed by atoms with Crippen LogP contribution in [0.4, 0.5) is 5.69 Å². The molecule has 0 saturated heterocycles. The van der Waals surface area contributed by atoms with E-state index in [2.05, 4.69) is 6.07 Å². The fourth-order valence-corrected chi connectivity index (χ4v) is 1.64. The van der Waals surface area contributed by atoms with E-state index in [0.717, 1.165) is 11.1 Å². The van der Waals surface area contributed by atoms with E-state index in [1.807, 2.05) is 38.1 Å². The zero-order chi connectivity index (χ0) is 13.1. The Bertz CT molecular complexity index is 627. The minimum absolute atomic E-state index is 0.571. The summed E-state index contributed by atoms with van der Waals surface area (Å²) in [6.07, 6.45) is 0. The lowest BCUT2D eigenvalue weighted by atomic mass is 10.1. The van der Waals surface area contributed by atoms with Crippen molar-refractivity contribution in [2.24, 2.45) is 0 Å². The first-order valence-electron chi connectivity index (χ1n) is 5.65. The Kier molecular flexibility index (Phi) is 3.20. The molecule has 0 saturated carbocycles. The third-order valence-electron chi connectivity index (χ3n) is 2.82. The smallest absolute Gasteiger partial charge is 0.150 e. The van der Waals surface area contributed by atoms with Crippen LogP contribution in [0.15, 0.2) is 36.4 Å². The first-order chi connectivity index (χ1) is 8.61. The van der Waals surface area contributed by atoms with Crippen molar-refractivity contribution in [3.05, 3.63) is 53.1 Å². The molecule has 0 heterocycles. The van der Waals surface area contributed by atoms with Gasteiger partial charge in [-0.2, -0.15) is 5.26 Å². The molecule has 2 N–H and O–H groups in total. The number of nitriles is 1. The number of hydrogen-bond donors (Lipinski definition) is 1. The number of anilines is 1. The van der Waals surface area contributed by atoms with Crippen LogP contribution >= 0.6 is 0 Å². The molecular weight excluding hydrogens is 224 g/mol. The van der Waals surface area contributed by atoms with Gasteiger partial charge in [0, 0.05) is 0 Å². The number of hydrogen-bond acceptors (Lipinski definition) is 3. The largest absolute Gasteiger partial charge is 0.455 e. The molecule has 0 radical (unpaired) electrons. The number of benzene rings is 2. The fourth-order valence-electron chi connectivity index (χ4n) is 1.64. The number of ether oxygens (including phenoxy) is 1. The normalized spacial score (nSPS) is 9.83. The van der Waals surface area contributed by atoms with Crippen LogP contribution in [0.2, 0.25) is 0 Å². The Morgan fingerprint density at radius 1 is 1.06 bits per heavy atom. The molecule has 2 aromatic carbocycles. The van der Waals surface area contributed by atoms with Crippen LogP contribution in [0.1, 0.15) is 16.7 Å². The lowest BCUT2D eigenvalue weighted by Crippen LogP contribution is -1.96. The van der Waals surface area contributed by atoms with Crippen LogP contribution < -0.4 is 10.5 Å². The number of para-hydroxylation sites is 1. The molecule has 18 heavy (non-hydrogen) atoms. The molecule has 0 bridgehead atoms. The quantitative estimate of drug-likeness (QED) is 0.814. The molecule has 0 atom stereocenters. The maximum Gasteiger partial charge on any atom is 0.150 e. The Hall–Kier alpha value is -2.47. The van der Waals surface area contributed by atoms with Gasteiger partial charge in [-0.3, -0.25) is 0 Å². The number of nitrogen functional groups attached to an aromatic ring is 1. The minimum atomic E-state index is 0.571. The van der Waals surface area contributed by atoms with Crippen LogP contribution in [-0.2, 0) is 0 Å². The number of nitrogens with two attached hydrogens (primary N) is 1. The first kappa shape index (κ1) is 12.0. The van der Waals surface area contributed by atoms with Gasteiger partial charge in [0.25, 0.3) is 0 Å². The summed E-state index contributed by atoms with van der Waals surface area (Å²) in [6.45, 7) is 3.86. The molecule has 2 rings (SSSR count). The highest BCUT2D eigenvalue weighted by Crippen LogP contribution is 2.31. The summed E-state index contributed by atoms with van der Waals surface area (Å²) in [5, 5.41) is 8.89. The fraction of sp³-hybridized carbons (Fsp3) is 0.133. The third kappa shape index (κ3) is 2.28. The van der Waals surface area contributed by atoms with Gasteiger partial charge in [0.05, 0.1) is 17.3 Å². The maximum atomic E-state index is 8.89. The van der Waals surface area contributed by atoms with Crippen LogP contribution in [-0.4, -0.2) is 0 Å². The van der Waals surface area contributed by atoms with Gasteiger partial charge in [0.1, 0.15) is 5.75 Å². The molecule has 0 aliphatic rings. The van der Waals surface area contributed by atoms with Crippen molar-refractivity contribution in [2.75, 3.05) is 5.73 Å². The summed E-state index contributed by atoms with van der Waals surface area (Å²) in [6, 6.07) is 13.1. The van der Waals surface area contributed by atoms with Gasteiger partial charge >= 0.3 is 0 Å². The van der Waals surface area contributed by atoms with Crippen molar-refractivity contribution in [3.63, 3.8) is 0 Å². The van der Waals surface area contributed by atoms with E-state index < -0.39 is 0 Å². The van der Waals surface area contributed by atoms with Crippen molar-refractivity contribution in [1.82, 2.24) is 0 Å². The van der Waals surface area contributed by atoms with Crippen LogP contribution in [0.25, 0.3) is 0 Å². The lowest BCUT2D eigenvalue weighted by Gasteiger charge is -2.12. The Morgan fingerprint density at radius 2 is 1.83 bits per heavy atom.